The van der Waals surface area contributed by atoms with Gasteiger partial charge in [0.25, 0.3) is 11.5 Å². The number of aryl methyl sites for hydroxylation is 1. The second-order valence-electron chi connectivity index (χ2n) is 10.1. The van der Waals surface area contributed by atoms with Crippen LogP contribution in [0.1, 0.15) is 60.8 Å². The van der Waals surface area contributed by atoms with Crippen molar-refractivity contribution in [1.82, 2.24) is 9.13 Å². The first kappa shape index (κ1) is 25.7. The Labute approximate surface area is 226 Å². The number of anilines is 1. The smallest absolute Gasteiger partial charge is 0.271 e. The monoisotopic (exact) mass is 524 g/mol. The molecule has 5 rings (SSSR count). The Morgan fingerprint density at radius 3 is 2.34 bits per heavy atom. The fraction of sp³-hybridized carbons (Fsp3) is 0.258. The van der Waals surface area contributed by atoms with E-state index in [0.717, 1.165) is 22.5 Å². The number of amides is 1. The van der Waals surface area contributed by atoms with E-state index in [2.05, 4.69) is 41.9 Å². The molecule has 0 spiro atoms. The molecule has 1 N–H and O–H groups in total. The second kappa shape index (κ2) is 10.1. The lowest BCUT2D eigenvalue weighted by atomic mass is 9.93. The molecule has 6 nitrogen and oxygen atoms in total. The molecule has 1 amide bonds. The third-order valence-corrected chi connectivity index (χ3v) is 8.30. The number of aromatic nitrogens is 2. The largest absolute Gasteiger partial charge is 0.352 e. The van der Waals surface area contributed by atoms with Crippen LogP contribution in [0, 0.1) is 13.8 Å². The molecule has 0 fully saturated rings. The number of hydrogen-bond acceptors (Lipinski definition) is 4. The maximum atomic E-state index is 13.9. The quantitative estimate of drug-likeness (QED) is 0.401. The number of fused-ring (bicyclic) bond motifs is 1. The van der Waals surface area contributed by atoms with Gasteiger partial charge in [-0.15, -0.1) is 0 Å². The van der Waals surface area contributed by atoms with Gasteiger partial charge in [-0.2, -0.15) is 0 Å². The lowest BCUT2D eigenvalue weighted by Gasteiger charge is -2.25. The van der Waals surface area contributed by atoms with E-state index in [1.54, 1.807) is 4.57 Å². The molecule has 0 bridgehead atoms. The van der Waals surface area contributed by atoms with Gasteiger partial charge in [-0.05, 0) is 67.7 Å². The van der Waals surface area contributed by atoms with Crippen molar-refractivity contribution in [2.45, 2.75) is 46.6 Å². The van der Waals surface area contributed by atoms with Crippen LogP contribution in [0.15, 0.2) is 81.7 Å². The molecular weight excluding hydrogens is 492 g/mol. The molecule has 4 aromatic rings. The molecule has 0 saturated carbocycles. The van der Waals surface area contributed by atoms with Crippen LogP contribution in [0.25, 0.3) is 6.08 Å². The van der Waals surface area contributed by atoms with Gasteiger partial charge in [0, 0.05) is 24.1 Å². The van der Waals surface area contributed by atoms with E-state index in [0.29, 0.717) is 32.2 Å². The number of rotatable bonds is 5. The number of nitrogens with zero attached hydrogens (tertiary/aromatic N) is 3. The molecule has 0 radical (unpaired) electrons. The molecule has 1 atom stereocenters. The van der Waals surface area contributed by atoms with Crippen LogP contribution in [0.3, 0.4) is 0 Å². The van der Waals surface area contributed by atoms with Crippen LogP contribution in [0.5, 0.6) is 0 Å². The Bertz CT molecular complexity index is 1740. The fourth-order valence-electron chi connectivity index (χ4n) is 4.88. The number of hydrogen-bond donors (Lipinski definition) is 1. The number of nitrogens with one attached hydrogen (secondary N) is 1. The van der Waals surface area contributed by atoms with Crippen molar-refractivity contribution in [2.75, 3.05) is 5.32 Å². The van der Waals surface area contributed by atoms with Crippen molar-refractivity contribution in [3.63, 3.8) is 0 Å². The first-order chi connectivity index (χ1) is 18.2. The lowest BCUT2D eigenvalue weighted by Crippen LogP contribution is -2.40. The zero-order chi connectivity index (χ0) is 27.1. The van der Waals surface area contributed by atoms with Crippen LogP contribution in [0.2, 0.25) is 0 Å². The average Bonchev–Trinajstić information content (AvgIpc) is 3.33. The molecule has 2 aromatic carbocycles. The standard InChI is InChI=1S/C31H32N4O2S/c1-18(2)22-12-14-23(15-13-22)28-27(29(36)33-25-10-8-7-9-11-25)20(4)32-31-35(28)30(37)26(38-31)17-24-16-19(3)34(6)21(24)5/h7-18,28H,1-6H3,(H,33,36)/b26-17+/t28-/m0/s1. The summed E-state index contributed by atoms with van der Waals surface area (Å²) in [5.41, 5.74) is 6.92. The Balaban J connectivity index is 1.69. The van der Waals surface area contributed by atoms with Gasteiger partial charge in [0.1, 0.15) is 0 Å². The summed E-state index contributed by atoms with van der Waals surface area (Å²) >= 11 is 1.36. The highest BCUT2D eigenvalue weighted by Gasteiger charge is 2.32. The average molecular weight is 525 g/mol. The summed E-state index contributed by atoms with van der Waals surface area (Å²) in [7, 11) is 2.02. The predicted molar refractivity (Wildman–Crippen MR) is 154 cm³/mol. The Morgan fingerprint density at radius 2 is 1.74 bits per heavy atom. The summed E-state index contributed by atoms with van der Waals surface area (Å²) in [6.45, 7) is 10.2. The summed E-state index contributed by atoms with van der Waals surface area (Å²) in [4.78, 5) is 33.0. The fourth-order valence-corrected chi connectivity index (χ4v) is 5.92. The topological polar surface area (TPSA) is 68.4 Å². The first-order valence-corrected chi connectivity index (χ1v) is 13.6. The van der Waals surface area contributed by atoms with E-state index in [1.165, 1.54) is 16.9 Å². The summed E-state index contributed by atoms with van der Waals surface area (Å²) in [5, 5.41) is 3.01. The molecule has 0 unspecified atom stereocenters. The van der Waals surface area contributed by atoms with Crippen molar-refractivity contribution in [1.29, 1.82) is 0 Å². The van der Waals surface area contributed by atoms with E-state index >= 15 is 0 Å². The minimum atomic E-state index is -0.586. The van der Waals surface area contributed by atoms with Gasteiger partial charge in [0.15, 0.2) is 4.80 Å². The van der Waals surface area contributed by atoms with Gasteiger partial charge in [0.2, 0.25) is 0 Å². The third kappa shape index (κ3) is 4.58. The van der Waals surface area contributed by atoms with Crippen molar-refractivity contribution in [3.05, 3.63) is 120 Å². The van der Waals surface area contributed by atoms with E-state index in [9.17, 15) is 9.59 Å². The van der Waals surface area contributed by atoms with Gasteiger partial charge in [-0.3, -0.25) is 14.2 Å². The molecule has 194 valence electrons. The number of carbonyl (C=O) groups excluding carboxylic acids is 1. The predicted octanol–water partition coefficient (Wildman–Crippen LogP) is 4.95. The SMILES string of the molecule is CC1=C(C(=O)Nc2ccccc2)[C@H](c2ccc(C(C)C)cc2)n2c(s/c(=C/c3cc(C)n(C)c3C)c2=O)=N1. The van der Waals surface area contributed by atoms with Gasteiger partial charge in [0.05, 0.1) is 21.8 Å². The van der Waals surface area contributed by atoms with Gasteiger partial charge >= 0.3 is 0 Å². The first-order valence-electron chi connectivity index (χ1n) is 12.8. The molecule has 7 heteroatoms. The molecular formula is C31H32N4O2S. The summed E-state index contributed by atoms with van der Waals surface area (Å²) < 4.78 is 4.38. The number of benzene rings is 2. The summed E-state index contributed by atoms with van der Waals surface area (Å²) in [6.07, 6.45) is 1.94. The molecule has 1 aliphatic rings. The second-order valence-corrected chi connectivity index (χ2v) is 11.1. The van der Waals surface area contributed by atoms with E-state index in [4.69, 9.17) is 4.99 Å². The number of carbonyl (C=O) groups is 1. The van der Waals surface area contributed by atoms with E-state index in [1.807, 2.05) is 76.4 Å². The normalized spacial score (nSPS) is 15.6. The number of allylic oxidation sites excluding steroid dienone is 1. The van der Waals surface area contributed by atoms with Gasteiger partial charge in [-0.25, -0.2) is 4.99 Å². The zero-order valence-electron chi connectivity index (χ0n) is 22.6. The number of para-hydroxylation sites is 1. The van der Waals surface area contributed by atoms with Crippen molar-refractivity contribution >= 4 is 29.0 Å². The lowest BCUT2D eigenvalue weighted by molar-refractivity contribution is -0.113. The molecule has 1 aliphatic heterocycles. The summed E-state index contributed by atoms with van der Waals surface area (Å²) in [5.74, 6) is 0.112. The third-order valence-electron chi connectivity index (χ3n) is 7.32. The highest BCUT2D eigenvalue weighted by Crippen LogP contribution is 2.31. The maximum absolute atomic E-state index is 13.9. The van der Waals surface area contributed by atoms with Crippen LogP contribution < -0.4 is 20.2 Å². The molecule has 3 heterocycles. The molecule has 2 aromatic heterocycles. The van der Waals surface area contributed by atoms with Crippen LogP contribution in [-0.2, 0) is 11.8 Å². The number of thiazole rings is 1. The van der Waals surface area contributed by atoms with Crippen molar-refractivity contribution in [2.24, 2.45) is 12.0 Å². The van der Waals surface area contributed by atoms with Crippen LogP contribution in [-0.4, -0.2) is 15.0 Å². The minimum absolute atomic E-state index is 0.148. The Morgan fingerprint density at radius 1 is 1.05 bits per heavy atom. The maximum Gasteiger partial charge on any atom is 0.271 e. The van der Waals surface area contributed by atoms with E-state index < -0.39 is 6.04 Å². The molecule has 0 saturated heterocycles. The zero-order valence-corrected chi connectivity index (χ0v) is 23.4. The Kier molecular flexibility index (Phi) is 6.80. The molecule has 0 aliphatic carbocycles. The Hall–Kier alpha value is -3.97. The molecule has 38 heavy (non-hydrogen) atoms. The van der Waals surface area contributed by atoms with E-state index in [-0.39, 0.29) is 11.5 Å². The summed E-state index contributed by atoms with van der Waals surface area (Å²) in [6, 6.07) is 19.0. The van der Waals surface area contributed by atoms with Gasteiger partial charge < -0.3 is 9.88 Å². The highest BCUT2D eigenvalue weighted by molar-refractivity contribution is 7.07. The minimum Gasteiger partial charge on any atom is -0.352 e. The van der Waals surface area contributed by atoms with Gasteiger partial charge in [-0.1, -0.05) is 67.6 Å². The van der Waals surface area contributed by atoms with Crippen molar-refractivity contribution in [3.8, 4) is 0 Å². The van der Waals surface area contributed by atoms with Crippen molar-refractivity contribution < 1.29 is 4.79 Å². The van der Waals surface area contributed by atoms with Crippen LogP contribution >= 0.6 is 11.3 Å². The van der Waals surface area contributed by atoms with Crippen LogP contribution in [0.4, 0.5) is 5.69 Å². The highest BCUT2D eigenvalue weighted by atomic mass is 32.1.